The maximum Gasteiger partial charge on any atom is 0.178 e. The summed E-state index contributed by atoms with van der Waals surface area (Å²) in [5.74, 6) is 0.0448. The molecular weight excluding hydrogens is 162 g/mol. The molecule has 0 saturated carbocycles. The Bertz CT molecular complexity index is 380. The second-order valence-corrected chi connectivity index (χ2v) is 3.23. The van der Waals surface area contributed by atoms with Crippen LogP contribution in [0.5, 0.6) is 0 Å². The minimum atomic E-state index is 0.0448. The van der Waals surface area contributed by atoms with Crippen LogP contribution in [0.4, 0.5) is 0 Å². The number of hydrogen-bond acceptors (Lipinski definition) is 2. The van der Waals surface area contributed by atoms with Gasteiger partial charge in [-0.25, -0.2) is 0 Å². The van der Waals surface area contributed by atoms with Crippen molar-refractivity contribution < 1.29 is 4.79 Å². The summed E-state index contributed by atoms with van der Waals surface area (Å²) >= 11 is 0. The van der Waals surface area contributed by atoms with Crippen LogP contribution >= 0.6 is 0 Å². The van der Waals surface area contributed by atoms with E-state index in [9.17, 15) is 4.79 Å². The van der Waals surface area contributed by atoms with Crippen LogP contribution in [-0.2, 0) is 6.42 Å². The second kappa shape index (κ2) is 3.13. The summed E-state index contributed by atoms with van der Waals surface area (Å²) in [6, 6.07) is 1.99. The molecule has 0 amide bonds. The van der Waals surface area contributed by atoms with Crippen molar-refractivity contribution in [1.82, 2.24) is 4.98 Å². The minimum Gasteiger partial charge on any atom is -0.293 e. The molecule has 0 saturated heterocycles. The molecule has 0 radical (unpaired) electrons. The maximum absolute atomic E-state index is 11.2. The van der Waals surface area contributed by atoms with Crippen LogP contribution in [0.25, 0.3) is 6.08 Å². The fourth-order valence-electron chi connectivity index (χ4n) is 1.64. The largest absolute Gasteiger partial charge is 0.293 e. The average molecular weight is 173 g/mol. The third kappa shape index (κ3) is 1.39. The van der Waals surface area contributed by atoms with Gasteiger partial charge in [-0.1, -0.05) is 12.2 Å². The number of pyridine rings is 1. The number of aryl methyl sites for hydroxylation is 1. The SMILES string of the molecule is CC(=O)c1nccc2c1C=CCC2. The third-order valence-electron chi connectivity index (χ3n) is 2.28. The summed E-state index contributed by atoms with van der Waals surface area (Å²) < 4.78 is 0. The van der Waals surface area contributed by atoms with Gasteiger partial charge in [0.05, 0.1) is 0 Å². The van der Waals surface area contributed by atoms with Crippen molar-refractivity contribution in [2.75, 3.05) is 0 Å². The van der Waals surface area contributed by atoms with Crippen LogP contribution in [0.3, 0.4) is 0 Å². The Labute approximate surface area is 77.3 Å². The van der Waals surface area contributed by atoms with Gasteiger partial charge in [0.15, 0.2) is 5.78 Å². The number of ketones is 1. The molecule has 0 bridgehead atoms. The van der Waals surface area contributed by atoms with Crippen molar-refractivity contribution in [3.63, 3.8) is 0 Å². The van der Waals surface area contributed by atoms with Crippen LogP contribution in [0.15, 0.2) is 18.3 Å². The number of rotatable bonds is 1. The third-order valence-corrected chi connectivity index (χ3v) is 2.28. The molecule has 0 fully saturated rings. The molecule has 2 nitrogen and oxygen atoms in total. The molecule has 1 aliphatic carbocycles. The van der Waals surface area contributed by atoms with Gasteiger partial charge >= 0.3 is 0 Å². The van der Waals surface area contributed by atoms with E-state index in [1.165, 1.54) is 5.56 Å². The zero-order valence-corrected chi connectivity index (χ0v) is 7.58. The lowest BCUT2D eigenvalue weighted by Crippen LogP contribution is -2.05. The molecule has 0 atom stereocenters. The van der Waals surface area contributed by atoms with E-state index in [1.54, 1.807) is 13.1 Å². The lowest BCUT2D eigenvalue weighted by Gasteiger charge is -2.11. The highest BCUT2D eigenvalue weighted by Gasteiger charge is 2.12. The van der Waals surface area contributed by atoms with Crippen LogP contribution in [0, 0.1) is 0 Å². The van der Waals surface area contributed by atoms with Gasteiger partial charge in [-0.3, -0.25) is 9.78 Å². The topological polar surface area (TPSA) is 30.0 Å². The van der Waals surface area contributed by atoms with Gasteiger partial charge in [-0.15, -0.1) is 0 Å². The van der Waals surface area contributed by atoms with Gasteiger partial charge in [-0.05, 0) is 24.5 Å². The van der Waals surface area contributed by atoms with E-state index in [4.69, 9.17) is 0 Å². The molecule has 0 unspecified atom stereocenters. The molecule has 0 aromatic carbocycles. The van der Waals surface area contributed by atoms with Gasteiger partial charge in [-0.2, -0.15) is 0 Å². The van der Waals surface area contributed by atoms with Gasteiger partial charge in [0.25, 0.3) is 0 Å². The highest BCUT2D eigenvalue weighted by Crippen LogP contribution is 2.21. The number of allylic oxidation sites excluding steroid dienone is 1. The van der Waals surface area contributed by atoms with E-state index in [-0.39, 0.29) is 5.78 Å². The highest BCUT2D eigenvalue weighted by molar-refractivity contribution is 5.96. The van der Waals surface area contributed by atoms with Crippen molar-refractivity contribution in [3.05, 3.63) is 35.2 Å². The first kappa shape index (κ1) is 8.17. The Morgan fingerprint density at radius 1 is 1.54 bits per heavy atom. The number of fused-ring (bicyclic) bond motifs is 1. The van der Waals surface area contributed by atoms with E-state index < -0.39 is 0 Å². The number of carbonyl (C=O) groups is 1. The predicted molar refractivity (Wildman–Crippen MR) is 51.6 cm³/mol. The molecule has 1 aliphatic rings. The van der Waals surface area contributed by atoms with Crippen molar-refractivity contribution >= 4 is 11.9 Å². The lowest BCUT2D eigenvalue weighted by atomic mass is 9.96. The quantitative estimate of drug-likeness (QED) is 0.609. The first-order valence-electron chi connectivity index (χ1n) is 4.44. The lowest BCUT2D eigenvalue weighted by molar-refractivity contribution is 0.101. The van der Waals surface area contributed by atoms with E-state index in [2.05, 4.69) is 11.1 Å². The Hall–Kier alpha value is -1.44. The zero-order valence-electron chi connectivity index (χ0n) is 7.58. The Morgan fingerprint density at radius 3 is 3.15 bits per heavy atom. The number of Topliss-reactive ketones (excluding diaryl/α,β-unsaturated/α-hetero) is 1. The first-order chi connectivity index (χ1) is 6.29. The fraction of sp³-hybridized carbons (Fsp3) is 0.273. The normalized spacial score (nSPS) is 13.9. The molecular formula is C11H11NO. The van der Waals surface area contributed by atoms with Crippen LogP contribution in [0.1, 0.15) is 35.0 Å². The van der Waals surface area contributed by atoms with Crippen LogP contribution in [-0.4, -0.2) is 10.8 Å². The fourth-order valence-corrected chi connectivity index (χ4v) is 1.64. The van der Waals surface area contributed by atoms with Gasteiger partial charge in [0, 0.05) is 18.7 Å². The first-order valence-corrected chi connectivity index (χ1v) is 4.44. The summed E-state index contributed by atoms with van der Waals surface area (Å²) in [6.45, 7) is 1.56. The summed E-state index contributed by atoms with van der Waals surface area (Å²) in [4.78, 5) is 15.3. The smallest absolute Gasteiger partial charge is 0.178 e. The van der Waals surface area contributed by atoms with E-state index in [0.717, 1.165) is 18.4 Å². The molecule has 2 rings (SSSR count). The minimum absolute atomic E-state index is 0.0448. The molecule has 1 aromatic rings. The molecule has 1 heterocycles. The average Bonchev–Trinajstić information content (AvgIpc) is 2.17. The molecule has 13 heavy (non-hydrogen) atoms. The van der Waals surface area contributed by atoms with Crippen molar-refractivity contribution in [3.8, 4) is 0 Å². The summed E-state index contributed by atoms with van der Waals surface area (Å²) in [5.41, 5.74) is 2.86. The predicted octanol–water partition coefficient (Wildman–Crippen LogP) is 2.24. The Kier molecular flexibility index (Phi) is 1.97. The van der Waals surface area contributed by atoms with Gasteiger partial charge in [0.2, 0.25) is 0 Å². The number of hydrogen-bond donors (Lipinski definition) is 0. The number of carbonyl (C=O) groups excluding carboxylic acids is 1. The molecule has 0 aliphatic heterocycles. The maximum atomic E-state index is 11.2. The van der Waals surface area contributed by atoms with Crippen LogP contribution in [0.2, 0.25) is 0 Å². The zero-order chi connectivity index (χ0) is 9.26. The molecule has 0 N–H and O–H groups in total. The van der Waals surface area contributed by atoms with E-state index in [1.807, 2.05) is 12.1 Å². The van der Waals surface area contributed by atoms with Gasteiger partial charge < -0.3 is 0 Å². The Morgan fingerprint density at radius 2 is 2.38 bits per heavy atom. The standard InChI is InChI=1S/C11H11NO/c1-8(13)11-10-5-3-2-4-9(10)6-7-12-11/h3,5-7H,2,4H2,1H3. The van der Waals surface area contributed by atoms with E-state index >= 15 is 0 Å². The molecule has 0 spiro atoms. The Balaban J connectivity index is 2.60. The van der Waals surface area contributed by atoms with Crippen LogP contribution < -0.4 is 0 Å². The van der Waals surface area contributed by atoms with Crippen molar-refractivity contribution in [2.45, 2.75) is 19.8 Å². The summed E-state index contributed by atoms with van der Waals surface area (Å²) in [7, 11) is 0. The van der Waals surface area contributed by atoms with Crippen molar-refractivity contribution in [2.24, 2.45) is 0 Å². The number of nitrogens with zero attached hydrogens (tertiary/aromatic N) is 1. The monoisotopic (exact) mass is 173 g/mol. The van der Waals surface area contributed by atoms with Gasteiger partial charge in [0.1, 0.15) is 5.69 Å². The second-order valence-electron chi connectivity index (χ2n) is 3.23. The van der Waals surface area contributed by atoms with Crippen molar-refractivity contribution in [1.29, 1.82) is 0 Å². The summed E-state index contributed by atoms with van der Waals surface area (Å²) in [5, 5.41) is 0. The molecule has 1 aromatic heterocycles. The molecule has 66 valence electrons. The molecule has 2 heteroatoms. The number of aromatic nitrogens is 1. The van der Waals surface area contributed by atoms with E-state index in [0.29, 0.717) is 5.69 Å². The summed E-state index contributed by atoms with van der Waals surface area (Å²) in [6.07, 6.45) is 7.90. The highest BCUT2D eigenvalue weighted by atomic mass is 16.1.